The van der Waals surface area contributed by atoms with E-state index in [-0.39, 0.29) is 6.10 Å². The molecule has 1 fully saturated rings. The zero-order valence-corrected chi connectivity index (χ0v) is 11.0. The standard InChI is InChI=1S/C14H21N3O/c1-11(18-13-6-4-3-5-7-13)10-16-14(15)17(2)12-8-9-12/h3-7,11-12H,8-10H2,1-2H3,(H2,15,16). The molecule has 2 rings (SSSR count). The van der Waals surface area contributed by atoms with E-state index >= 15 is 0 Å². The Bertz CT molecular complexity index is 401. The fraction of sp³-hybridized carbons (Fsp3) is 0.500. The first-order chi connectivity index (χ1) is 8.66. The van der Waals surface area contributed by atoms with Crippen LogP contribution in [0.25, 0.3) is 0 Å². The molecule has 0 heterocycles. The number of hydrogen-bond donors (Lipinski definition) is 1. The van der Waals surface area contributed by atoms with Gasteiger partial charge in [0.25, 0.3) is 0 Å². The average molecular weight is 247 g/mol. The van der Waals surface area contributed by atoms with Crippen LogP contribution >= 0.6 is 0 Å². The third-order valence-corrected chi connectivity index (χ3v) is 3.05. The van der Waals surface area contributed by atoms with Crippen LogP contribution in [0.2, 0.25) is 0 Å². The summed E-state index contributed by atoms with van der Waals surface area (Å²) in [6.45, 7) is 2.58. The molecule has 18 heavy (non-hydrogen) atoms. The van der Waals surface area contributed by atoms with Gasteiger partial charge < -0.3 is 15.4 Å². The first-order valence-corrected chi connectivity index (χ1v) is 6.41. The van der Waals surface area contributed by atoms with Crippen molar-refractivity contribution in [1.29, 1.82) is 0 Å². The van der Waals surface area contributed by atoms with Crippen LogP contribution in [-0.2, 0) is 0 Å². The van der Waals surface area contributed by atoms with E-state index in [1.54, 1.807) is 0 Å². The number of rotatable bonds is 5. The van der Waals surface area contributed by atoms with E-state index in [4.69, 9.17) is 10.5 Å². The Morgan fingerprint density at radius 3 is 2.72 bits per heavy atom. The van der Waals surface area contributed by atoms with Crippen LogP contribution in [0.5, 0.6) is 5.75 Å². The second-order valence-corrected chi connectivity index (χ2v) is 4.78. The van der Waals surface area contributed by atoms with Crippen molar-refractivity contribution in [3.63, 3.8) is 0 Å². The van der Waals surface area contributed by atoms with Gasteiger partial charge in [0.15, 0.2) is 5.96 Å². The highest BCUT2D eigenvalue weighted by molar-refractivity contribution is 5.78. The Balaban J connectivity index is 1.80. The fourth-order valence-corrected chi connectivity index (χ4v) is 1.75. The van der Waals surface area contributed by atoms with E-state index in [9.17, 15) is 0 Å². The lowest BCUT2D eigenvalue weighted by molar-refractivity contribution is 0.230. The number of nitrogens with two attached hydrogens (primary N) is 1. The molecule has 0 aliphatic heterocycles. The van der Waals surface area contributed by atoms with Crippen molar-refractivity contribution in [1.82, 2.24) is 4.90 Å². The van der Waals surface area contributed by atoms with Gasteiger partial charge in [-0.3, -0.25) is 0 Å². The molecule has 1 aliphatic carbocycles. The molecule has 1 saturated carbocycles. The van der Waals surface area contributed by atoms with Gasteiger partial charge in [0.2, 0.25) is 0 Å². The summed E-state index contributed by atoms with van der Waals surface area (Å²) < 4.78 is 5.74. The van der Waals surface area contributed by atoms with Crippen molar-refractivity contribution in [2.24, 2.45) is 10.7 Å². The van der Waals surface area contributed by atoms with Crippen molar-refractivity contribution in [2.45, 2.75) is 31.9 Å². The summed E-state index contributed by atoms with van der Waals surface area (Å²) in [6, 6.07) is 10.4. The number of nitrogens with zero attached hydrogens (tertiary/aromatic N) is 2. The number of para-hydroxylation sites is 1. The molecule has 0 bridgehead atoms. The maximum absolute atomic E-state index is 5.92. The molecule has 1 unspecified atom stereocenters. The van der Waals surface area contributed by atoms with Gasteiger partial charge >= 0.3 is 0 Å². The highest BCUT2D eigenvalue weighted by Crippen LogP contribution is 2.24. The molecule has 1 aromatic carbocycles. The zero-order valence-electron chi connectivity index (χ0n) is 11.0. The first-order valence-electron chi connectivity index (χ1n) is 6.41. The van der Waals surface area contributed by atoms with E-state index < -0.39 is 0 Å². The molecule has 4 nitrogen and oxygen atoms in total. The maximum atomic E-state index is 5.92. The molecule has 0 aromatic heterocycles. The van der Waals surface area contributed by atoms with Crippen LogP contribution in [-0.4, -0.2) is 36.6 Å². The van der Waals surface area contributed by atoms with Crippen molar-refractivity contribution < 1.29 is 4.74 Å². The predicted octanol–water partition coefficient (Wildman–Crippen LogP) is 1.86. The van der Waals surface area contributed by atoms with Gasteiger partial charge in [0, 0.05) is 13.1 Å². The summed E-state index contributed by atoms with van der Waals surface area (Å²) in [5.41, 5.74) is 5.92. The van der Waals surface area contributed by atoms with Gasteiger partial charge in [-0.15, -0.1) is 0 Å². The summed E-state index contributed by atoms with van der Waals surface area (Å²) >= 11 is 0. The molecule has 1 atom stereocenters. The number of ether oxygens (including phenoxy) is 1. The molecular weight excluding hydrogens is 226 g/mol. The topological polar surface area (TPSA) is 50.8 Å². The lowest BCUT2D eigenvalue weighted by Crippen LogP contribution is -2.36. The van der Waals surface area contributed by atoms with Crippen molar-refractivity contribution in [2.75, 3.05) is 13.6 Å². The Labute approximate surface area is 108 Å². The largest absolute Gasteiger partial charge is 0.489 e. The molecular formula is C14H21N3O. The van der Waals surface area contributed by atoms with E-state index in [1.807, 2.05) is 44.3 Å². The lowest BCUT2D eigenvalue weighted by atomic mass is 10.3. The quantitative estimate of drug-likeness (QED) is 0.638. The normalized spacial score (nSPS) is 17.3. The summed E-state index contributed by atoms with van der Waals surface area (Å²) in [7, 11) is 2.00. The molecule has 2 N–H and O–H groups in total. The summed E-state index contributed by atoms with van der Waals surface area (Å²) in [5, 5.41) is 0. The van der Waals surface area contributed by atoms with Gasteiger partial charge in [0.05, 0.1) is 6.54 Å². The molecule has 1 aromatic rings. The molecule has 1 aliphatic rings. The smallest absolute Gasteiger partial charge is 0.191 e. The van der Waals surface area contributed by atoms with Crippen LogP contribution in [0.1, 0.15) is 19.8 Å². The van der Waals surface area contributed by atoms with E-state index in [2.05, 4.69) is 9.89 Å². The second kappa shape index (κ2) is 5.76. The predicted molar refractivity (Wildman–Crippen MR) is 73.8 cm³/mol. The van der Waals surface area contributed by atoms with E-state index in [0.29, 0.717) is 18.5 Å². The Morgan fingerprint density at radius 1 is 1.44 bits per heavy atom. The minimum atomic E-state index is 0.0264. The van der Waals surface area contributed by atoms with Crippen molar-refractivity contribution in [3.8, 4) is 5.75 Å². The van der Waals surface area contributed by atoms with Gasteiger partial charge in [-0.05, 0) is 31.9 Å². The number of benzene rings is 1. The second-order valence-electron chi connectivity index (χ2n) is 4.78. The Morgan fingerprint density at radius 2 is 2.11 bits per heavy atom. The van der Waals surface area contributed by atoms with Gasteiger partial charge in [-0.25, -0.2) is 4.99 Å². The highest BCUT2D eigenvalue weighted by atomic mass is 16.5. The maximum Gasteiger partial charge on any atom is 0.191 e. The molecule has 98 valence electrons. The van der Waals surface area contributed by atoms with Gasteiger partial charge in [-0.1, -0.05) is 18.2 Å². The number of aliphatic imine (C=N–C) groups is 1. The monoisotopic (exact) mass is 247 g/mol. The minimum absolute atomic E-state index is 0.0264. The average Bonchev–Trinajstić information content (AvgIpc) is 3.20. The van der Waals surface area contributed by atoms with Gasteiger partial charge in [-0.2, -0.15) is 0 Å². The van der Waals surface area contributed by atoms with Crippen molar-refractivity contribution >= 4 is 5.96 Å². The number of hydrogen-bond acceptors (Lipinski definition) is 2. The summed E-state index contributed by atoms with van der Waals surface area (Å²) in [5.74, 6) is 1.48. The number of guanidine groups is 1. The Hall–Kier alpha value is -1.71. The van der Waals surface area contributed by atoms with Crippen LogP contribution < -0.4 is 10.5 Å². The molecule has 0 radical (unpaired) electrons. The fourth-order valence-electron chi connectivity index (χ4n) is 1.75. The van der Waals surface area contributed by atoms with Crippen LogP contribution in [0.3, 0.4) is 0 Å². The molecule has 4 heteroatoms. The van der Waals surface area contributed by atoms with E-state index in [0.717, 1.165) is 5.75 Å². The lowest BCUT2D eigenvalue weighted by Gasteiger charge is -2.18. The minimum Gasteiger partial charge on any atom is -0.489 e. The molecule has 0 saturated heterocycles. The molecule has 0 amide bonds. The third-order valence-electron chi connectivity index (χ3n) is 3.05. The van der Waals surface area contributed by atoms with E-state index in [1.165, 1.54) is 12.8 Å². The van der Waals surface area contributed by atoms with Crippen LogP contribution in [0.15, 0.2) is 35.3 Å². The first kappa shape index (κ1) is 12.7. The summed E-state index contributed by atoms with van der Waals surface area (Å²) in [4.78, 5) is 6.43. The molecule has 0 spiro atoms. The van der Waals surface area contributed by atoms with Crippen LogP contribution in [0, 0.1) is 0 Å². The SMILES string of the molecule is CC(CN=C(N)N(C)C1CC1)Oc1ccccc1. The van der Waals surface area contributed by atoms with Crippen molar-refractivity contribution in [3.05, 3.63) is 30.3 Å². The highest BCUT2D eigenvalue weighted by Gasteiger charge is 2.27. The Kier molecular flexibility index (Phi) is 4.07. The summed E-state index contributed by atoms with van der Waals surface area (Å²) in [6.07, 6.45) is 2.48. The third kappa shape index (κ3) is 3.65. The van der Waals surface area contributed by atoms with Crippen LogP contribution in [0.4, 0.5) is 0 Å². The zero-order chi connectivity index (χ0) is 13.0. The van der Waals surface area contributed by atoms with Gasteiger partial charge in [0.1, 0.15) is 11.9 Å².